The minimum absolute atomic E-state index is 0.163. The fraction of sp³-hybridized carbons (Fsp3) is 0.0667. The summed E-state index contributed by atoms with van der Waals surface area (Å²) in [6.07, 6.45) is 6.16. The summed E-state index contributed by atoms with van der Waals surface area (Å²) in [5.74, 6) is 0. The van der Waals surface area contributed by atoms with Gasteiger partial charge in [0.2, 0.25) is 0 Å². The van der Waals surface area contributed by atoms with Crippen molar-refractivity contribution in [1.29, 1.82) is 0 Å². The van der Waals surface area contributed by atoms with Gasteiger partial charge in [-0.25, -0.2) is 0 Å². The van der Waals surface area contributed by atoms with Crippen LogP contribution in [0.15, 0.2) is 109 Å². The Kier molecular flexibility index (Phi) is 5.79. The third-order valence-corrected chi connectivity index (χ3v) is 6.23. The molecule has 0 fully saturated rings. The molecule has 0 amide bonds. The van der Waals surface area contributed by atoms with Crippen molar-refractivity contribution in [3.63, 3.8) is 0 Å². The molecule has 0 atom stereocenters. The number of allylic oxidation sites excluding steroid dienone is 2. The second-order valence-corrected chi connectivity index (χ2v) is 8.39. The van der Waals surface area contributed by atoms with Crippen LogP contribution in [0.3, 0.4) is 0 Å². The van der Waals surface area contributed by atoms with Crippen molar-refractivity contribution in [3.8, 4) is 0 Å². The molecule has 0 saturated heterocycles. The first kappa shape index (κ1) is 21.4. The zero-order chi connectivity index (χ0) is 23.5. The first-order valence-corrected chi connectivity index (χ1v) is 11.3. The van der Waals surface area contributed by atoms with E-state index in [4.69, 9.17) is 5.73 Å². The van der Waals surface area contributed by atoms with E-state index < -0.39 is 0 Å². The number of benzene rings is 4. The zero-order valence-electron chi connectivity index (χ0n) is 18.6. The van der Waals surface area contributed by atoms with Crippen LogP contribution in [0.2, 0.25) is 0 Å². The number of anilines is 1. The molecule has 2 N–H and O–H groups in total. The Hall–Kier alpha value is -4.44. The Labute approximate surface area is 198 Å². The van der Waals surface area contributed by atoms with Gasteiger partial charge in [-0.3, -0.25) is 10.1 Å². The second-order valence-electron chi connectivity index (χ2n) is 8.39. The molecule has 4 aromatic rings. The maximum atomic E-state index is 10.7. The van der Waals surface area contributed by atoms with Crippen LogP contribution in [0.25, 0.3) is 11.1 Å². The van der Waals surface area contributed by atoms with Crippen molar-refractivity contribution in [2.45, 2.75) is 12.8 Å². The van der Waals surface area contributed by atoms with Gasteiger partial charge in [-0.1, -0.05) is 78.9 Å². The van der Waals surface area contributed by atoms with Crippen LogP contribution in [0.1, 0.15) is 33.4 Å². The van der Waals surface area contributed by atoms with E-state index in [1.54, 1.807) is 12.1 Å². The Bertz CT molecular complexity index is 1420. The summed E-state index contributed by atoms with van der Waals surface area (Å²) >= 11 is 0. The second kappa shape index (κ2) is 9.20. The molecule has 0 radical (unpaired) electrons. The Morgan fingerprint density at radius 3 is 1.68 bits per heavy atom. The molecule has 4 heteroatoms. The molecule has 0 aliphatic heterocycles. The quantitative estimate of drug-likeness (QED) is 0.214. The van der Waals surface area contributed by atoms with Gasteiger partial charge >= 0.3 is 0 Å². The number of nitrogen functional groups attached to an aromatic ring is 1. The fourth-order valence-corrected chi connectivity index (χ4v) is 4.60. The Morgan fingerprint density at radius 2 is 1.15 bits per heavy atom. The summed E-state index contributed by atoms with van der Waals surface area (Å²) in [5.41, 5.74) is 16.5. The maximum absolute atomic E-state index is 10.7. The SMILES string of the molecule is Nc1ccc2c(c1)CC=C2c1ccccc1.O=[N+]([O-])c1ccc2c(c1)CC=C2c1ccccc1. The number of nitro groups is 1. The number of fused-ring (bicyclic) bond motifs is 2. The van der Waals surface area contributed by atoms with Gasteiger partial charge in [-0.15, -0.1) is 0 Å². The Morgan fingerprint density at radius 1 is 0.647 bits per heavy atom. The summed E-state index contributed by atoms with van der Waals surface area (Å²) in [6, 6.07) is 31.8. The smallest absolute Gasteiger partial charge is 0.269 e. The van der Waals surface area contributed by atoms with Gasteiger partial charge in [-0.05, 0) is 75.6 Å². The van der Waals surface area contributed by atoms with Crippen LogP contribution >= 0.6 is 0 Å². The van der Waals surface area contributed by atoms with Crippen LogP contribution in [-0.2, 0) is 12.8 Å². The minimum Gasteiger partial charge on any atom is -0.399 e. The topological polar surface area (TPSA) is 69.2 Å². The van der Waals surface area contributed by atoms with Crippen LogP contribution in [0.4, 0.5) is 11.4 Å². The molecule has 6 rings (SSSR count). The van der Waals surface area contributed by atoms with E-state index in [0.29, 0.717) is 0 Å². The van der Waals surface area contributed by atoms with Gasteiger partial charge in [0.05, 0.1) is 4.92 Å². The van der Waals surface area contributed by atoms with E-state index in [2.05, 4.69) is 60.7 Å². The van der Waals surface area contributed by atoms with Crippen molar-refractivity contribution in [3.05, 3.63) is 153 Å². The van der Waals surface area contributed by atoms with Crippen LogP contribution < -0.4 is 5.73 Å². The van der Waals surface area contributed by atoms with Gasteiger partial charge in [0, 0.05) is 17.8 Å². The van der Waals surface area contributed by atoms with E-state index in [0.717, 1.165) is 35.2 Å². The van der Waals surface area contributed by atoms with Gasteiger partial charge < -0.3 is 5.73 Å². The standard InChI is InChI=1S/C15H11NO2.C15H13N/c17-16(18)13-7-9-15-12(10-13)6-8-14(15)11-4-2-1-3-5-11;16-13-7-9-15-12(10-13)6-8-14(15)11-4-2-1-3-5-11/h1-5,7-10H,6H2;1-5,7-10H,6,16H2. The number of rotatable bonds is 3. The molecule has 0 spiro atoms. The number of non-ortho nitro benzene ring substituents is 1. The third kappa shape index (κ3) is 4.26. The Balaban J connectivity index is 0.000000142. The summed E-state index contributed by atoms with van der Waals surface area (Å²) in [7, 11) is 0. The molecular weight excluding hydrogens is 420 g/mol. The third-order valence-electron chi connectivity index (χ3n) is 6.23. The highest BCUT2D eigenvalue weighted by Crippen LogP contribution is 2.35. The highest BCUT2D eigenvalue weighted by Gasteiger charge is 2.18. The van der Waals surface area contributed by atoms with Gasteiger partial charge in [0.15, 0.2) is 0 Å². The lowest BCUT2D eigenvalue weighted by molar-refractivity contribution is -0.384. The number of nitrogens with zero attached hydrogens (tertiary/aromatic N) is 1. The largest absolute Gasteiger partial charge is 0.399 e. The highest BCUT2D eigenvalue weighted by atomic mass is 16.6. The molecule has 0 saturated carbocycles. The monoisotopic (exact) mass is 444 g/mol. The lowest BCUT2D eigenvalue weighted by Crippen LogP contribution is -1.92. The maximum Gasteiger partial charge on any atom is 0.269 e. The first-order chi connectivity index (χ1) is 16.6. The fourth-order valence-electron chi connectivity index (χ4n) is 4.60. The number of hydrogen-bond donors (Lipinski definition) is 1. The molecule has 2 aliphatic rings. The zero-order valence-corrected chi connectivity index (χ0v) is 18.6. The van der Waals surface area contributed by atoms with Crippen molar-refractivity contribution in [2.75, 3.05) is 5.73 Å². The summed E-state index contributed by atoms with van der Waals surface area (Å²) in [5, 5.41) is 10.7. The number of hydrogen-bond acceptors (Lipinski definition) is 3. The predicted molar refractivity (Wildman–Crippen MR) is 138 cm³/mol. The van der Waals surface area contributed by atoms with E-state index in [1.165, 1.54) is 27.8 Å². The van der Waals surface area contributed by atoms with E-state index >= 15 is 0 Å². The minimum atomic E-state index is -0.346. The first-order valence-electron chi connectivity index (χ1n) is 11.3. The molecule has 0 heterocycles. The van der Waals surface area contributed by atoms with Crippen LogP contribution in [0, 0.1) is 10.1 Å². The van der Waals surface area contributed by atoms with Gasteiger partial charge in [0.1, 0.15) is 0 Å². The molecule has 4 nitrogen and oxygen atoms in total. The summed E-state index contributed by atoms with van der Waals surface area (Å²) in [4.78, 5) is 10.4. The molecule has 34 heavy (non-hydrogen) atoms. The van der Waals surface area contributed by atoms with Crippen molar-refractivity contribution in [1.82, 2.24) is 0 Å². The van der Waals surface area contributed by atoms with E-state index in [1.807, 2.05) is 36.4 Å². The number of nitrogens with two attached hydrogens (primary N) is 1. The molecule has 0 unspecified atom stereocenters. The van der Waals surface area contributed by atoms with E-state index in [-0.39, 0.29) is 10.6 Å². The molecule has 0 aromatic heterocycles. The normalized spacial score (nSPS) is 13.2. The van der Waals surface area contributed by atoms with Crippen molar-refractivity contribution in [2.24, 2.45) is 0 Å². The van der Waals surface area contributed by atoms with E-state index in [9.17, 15) is 10.1 Å². The average Bonchev–Trinajstić information content (AvgIpc) is 3.49. The van der Waals surface area contributed by atoms with Crippen molar-refractivity contribution < 1.29 is 4.92 Å². The summed E-state index contributed by atoms with van der Waals surface area (Å²) in [6.45, 7) is 0. The van der Waals surface area contributed by atoms with Crippen LogP contribution in [-0.4, -0.2) is 4.92 Å². The average molecular weight is 445 g/mol. The predicted octanol–water partition coefficient (Wildman–Crippen LogP) is 6.84. The van der Waals surface area contributed by atoms with Crippen molar-refractivity contribution >= 4 is 22.5 Å². The lowest BCUT2D eigenvalue weighted by Gasteiger charge is -2.06. The molecule has 2 aliphatic carbocycles. The molecular formula is C30H24N2O2. The lowest BCUT2D eigenvalue weighted by atomic mass is 9.99. The van der Waals surface area contributed by atoms with Gasteiger partial charge in [-0.2, -0.15) is 0 Å². The molecule has 0 bridgehead atoms. The molecule has 4 aromatic carbocycles. The van der Waals surface area contributed by atoms with Crippen LogP contribution in [0.5, 0.6) is 0 Å². The number of nitro benzene ring substituents is 1. The molecule has 166 valence electrons. The van der Waals surface area contributed by atoms with Gasteiger partial charge in [0.25, 0.3) is 5.69 Å². The summed E-state index contributed by atoms with van der Waals surface area (Å²) < 4.78 is 0. The highest BCUT2D eigenvalue weighted by molar-refractivity contribution is 5.86.